The first-order valence-corrected chi connectivity index (χ1v) is 7.26. The van der Waals surface area contributed by atoms with E-state index in [2.05, 4.69) is 5.32 Å². The fourth-order valence-corrected chi connectivity index (χ4v) is 2.66. The van der Waals surface area contributed by atoms with Crippen molar-refractivity contribution in [2.75, 3.05) is 5.73 Å². The first-order chi connectivity index (χ1) is 9.90. The van der Waals surface area contributed by atoms with E-state index < -0.39 is 0 Å². The van der Waals surface area contributed by atoms with Gasteiger partial charge < -0.3 is 11.1 Å². The van der Waals surface area contributed by atoms with Gasteiger partial charge in [0.25, 0.3) is 5.91 Å². The van der Waals surface area contributed by atoms with Crippen molar-refractivity contribution in [1.82, 2.24) is 5.32 Å². The number of para-hydroxylation sites is 1. The molecule has 0 aliphatic carbocycles. The van der Waals surface area contributed by atoms with Crippen LogP contribution in [0.15, 0.2) is 36.4 Å². The number of nitrogens with two attached hydrogens (primary N) is 1. The van der Waals surface area contributed by atoms with Gasteiger partial charge in [-0.1, -0.05) is 41.4 Å². The summed E-state index contributed by atoms with van der Waals surface area (Å²) >= 11 is 12.0. The Kier molecular flexibility index (Phi) is 4.76. The number of hydrogen-bond donors (Lipinski definition) is 2. The predicted molar refractivity (Wildman–Crippen MR) is 87.9 cm³/mol. The van der Waals surface area contributed by atoms with Crippen LogP contribution in [-0.2, 0) is 0 Å². The maximum atomic E-state index is 12.3. The van der Waals surface area contributed by atoms with E-state index in [1.54, 1.807) is 30.3 Å². The summed E-state index contributed by atoms with van der Waals surface area (Å²) in [5.41, 5.74) is 8.58. The monoisotopic (exact) mass is 322 g/mol. The van der Waals surface area contributed by atoms with Crippen molar-refractivity contribution in [2.24, 2.45) is 0 Å². The maximum Gasteiger partial charge on any atom is 0.253 e. The van der Waals surface area contributed by atoms with E-state index in [-0.39, 0.29) is 11.9 Å². The van der Waals surface area contributed by atoms with E-state index in [0.717, 1.165) is 11.1 Å². The molecule has 21 heavy (non-hydrogen) atoms. The van der Waals surface area contributed by atoms with Crippen molar-refractivity contribution in [1.29, 1.82) is 0 Å². The van der Waals surface area contributed by atoms with Gasteiger partial charge in [0.15, 0.2) is 0 Å². The number of anilines is 1. The minimum absolute atomic E-state index is 0.227. The van der Waals surface area contributed by atoms with Crippen LogP contribution in [0.3, 0.4) is 0 Å². The summed E-state index contributed by atoms with van der Waals surface area (Å²) in [5.74, 6) is -0.227. The summed E-state index contributed by atoms with van der Waals surface area (Å²) < 4.78 is 0. The Morgan fingerprint density at radius 3 is 2.62 bits per heavy atom. The SMILES string of the molecule is Cc1cccc(C(=O)NC(C)c2ccc(Cl)cc2Cl)c1N. The largest absolute Gasteiger partial charge is 0.398 e. The number of halogens is 2. The molecule has 0 heterocycles. The van der Waals surface area contributed by atoms with E-state index in [9.17, 15) is 4.79 Å². The minimum atomic E-state index is -0.248. The first kappa shape index (κ1) is 15.7. The van der Waals surface area contributed by atoms with Crippen LogP contribution in [0.25, 0.3) is 0 Å². The number of hydrogen-bond acceptors (Lipinski definition) is 2. The van der Waals surface area contributed by atoms with Crippen LogP contribution in [-0.4, -0.2) is 5.91 Å². The van der Waals surface area contributed by atoms with Gasteiger partial charge in [-0.3, -0.25) is 4.79 Å². The average molecular weight is 323 g/mol. The lowest BCUT2D eigenvalue weighted by molar-refractivity contribution is 0.0941. The molecule has 0 fully saturated rings. The molecule has 1 unspecified atom stereocenters. The molecule has 2 aromatic rings. The molecule has 0 saturated carbocycles. The molecule has 0 spiro atoms. The summed E-state index contributed by atoms with van der Waals surface area (Å²) in [4.78, 5) is 12.3. The maximum absolute atomic E-state index is 12.3. The number of nitrogen functional groups attached to an aromatic ring is 1. The van der Waals surface area contributed by atoms with Crippen LogP contribution in [0.1, 0.15) is 34.5 Å². The quantitative estimate of drug-likeness (QED) is 0.824. The molecule has 2 aromatic carbocycles. The Labute approximate surface area is 134 Å². The molecule has 1 amide bonds. The number of carbonyl (C=O) groups excluding carboxylic acids is 1. The van der Waals surface area contributed by atoms with Gasteiger partial charge in [0.05, 0.1) is 11.6 Å². The van der Waals surface area contributed by atoms with E-state index in [1.165, 1.54) is 0 Å². The Balaban J connectivity index is 2.21. The molecular formula is C16H16Cl2N2O. The Morgan fingerprint density at radius 2 is 1.95 bits per heavy atom. The summed E-state index contributed by atoms with van der Waals surface area (Å²) in [6.45, 7) is 3.73. The second-order valence-corrected chi connectivity index (χ2v) is 5.74. The lowest BCUT2D eigenvalue weighted by Gasteiger charge is -2.17. The second-order valence-electron chi connectivity index (χ2n) is 4.90. The Morgan fingerprint density at radius 1 is 1.24 bits per heavy atom. The molecule has 0 bridgehead atoms. The molecule has 0 aliphatic rings. The van der Waals surface area contributed by atoms with Crippen LogP contribution >= 0.6 is 23.2 Å². The van der Waals surface area contributed by atoms with Crippen LogP contribution in [0, 0.1) is 6.92 Å². The Bertz CT molecular complexity index is 686. The average Bonchev–Trinajstić information content (AvgIpc) is 2.41. The van der Waals surface area contributed by atoms with Gasteiger partial charge in [-0.05, 0) is 43.2 Å². The molecule has 5 heteroatoms. The molecular weight excluding hydrogens is 307 g/mol. The number of amides is 1. The number of aryl methyl sites for hydroxylation is 1. The standard InChI is InChI=1S/C16H16Cl2N2O/c1-9-4-3-5-13(15(9)19)16(21)20-10(2)12-7-6-11(17)8-14(12)18/h3-8,10H,19H2,1-2H3,(H,20,21). The third kappa shape index (κ3) is 3.49. The molecule has 0 aliphatic heterocycles. The lowest BCUT2D eigenvalue weighted by Crippen LogP contribution is -2.27. The summed E-state index contributed by atoms with van der Waals surface area (Å²) in [5, 5.41) is 3.98. The summed E-state index contributed by atoms with van der Waals surface area (Å²) in [6.07, 6.45) is 0. The highest BCUT2D eigenvalue weighted by molar-refractivity contribution is 6.35. The van der Waals surface area contributed by atoms with E-state index in [0.29, 0.717) is 21.3 Å². The smallest absolute Gasteiger partial charge is 0.253 e. The topological polar surface area (TPSA) is 55.1 Å². The van der Waals surface area contributed by atoms with Crippen molar-refractivity contribution < 1.29 is 4.79 Å². The third-order valence-electron chi connectivity index (χ3n) is 3.35. The van der Waals surface area contributed by atoms with Crippen molar-refractivity contribution in [2.45, 2.75) is 19.9 Å². The molecule has 3 N–H and O–H groups in total. The van der Waals surface area contributed by atoms with Gasteiger partial charge in [0.2, 0.25) is 0 Å². The van der Waals surface area contributed by atoms with E-state index >= 15 is 0 Å². The minimum Gasteiger partial charge on any atom is -0.398 e. The van der Waals surface area contributed by atoms with Gasteiger partial charge in [0.1, 0.15) is 0 Å². The van der Waals surface area contributed by atoms with Gasteiger partial charge in [-0.25, -0.2) is 0 Å². The number of carbonyl (C=O) groups is 1. The van der Waals surface area contributed by atoms with Crippen molar-refractivity contribution in [3.8, 4) is 0 Å². The van der Waals surface area contributed by atoms with Crippen LogP contribution in [0.4, 0.5) is 5.69 Å². The molecule has 3 nitrogen and oxygen atoms in total. The molecule has 2 rings (SSSR count). The lowest BCUT2D eigenvalue weighted by atomic mass is 10.1. The highest BCUT2D eigenvalue weighted by atomic mass is 35.5. The summed E-state index contributed by atoms with van der Waals surface area (Å²) in [7, 11) is 0. The van der Waals surface area contributed by atoms with Crippen molar-refractivity contribution in [3.05, 3.63) is 63.1 Å². The van der Waals surface area contributed by atoms with Crippen LogP contribution in [0.5, 0.6) is 0 Å². The van der Waals surface area contributed by atoms with Crippen molar-refractivity contribution in [3.63, 3.8) is 0 Å². The van der Waals surface area contributed by atoms with Gasteiger partial charge in [-0.15, -0.1) is 0 Å². The first-order valence-electron chi connectivity index (χ1n) is 6.51. The zero-order valence-corrected chi connectivity index (χ0v) is 13.3. The van der Waals surface area contributed by atoms with Gasteiger partial charge in [-0.2, -0.15) is 0 Å². The highest BCUT2D eigenvalue weighted by Gasteiger charge is 2.16. The molecule has 1 atom stereocenters. The Hall–Kier alpha value is -1.71. The number of nitrogens with one attached hydrogen (secondary N) is 1. The highest BCUT2D eigenvalue weighted by Crippen LogP contribution is 2.26. The predicted octanol–water partition coefficient (Wildman–Crippen LogP) is 4.38. The molecule has 0 saturated heterocycles. The molecule has 110 valence electrons. The van der Waals surface area contributed by atoms with E-state index in [1.807, 2.05) is 19.9 Å². The fourth-order valence-electron chi connectivity index (χ4n) is 2.08. The number of rotatable bonds is 3. The second kappa shape index (κ2) is 6.37. The molecule has 0 radical (unpaired) electrons. The normalized spacial score (nSPS) is 12.0. The summed E-state index contributed by atoms with van der Waals surface area (Å²) in [6, 6.07) is 10.3. The van der Waals surface area contributed by atoms with Crippen LogP contribution < -0.4 is 11.1 Å². The van der Waals surface area contributed by atoms with Gasteiger partial charge in [0, 0.05) is 15.7 Å². The zero-order chi connectivity index (χ0) is 15.6. The molecule has 0 aromatic heterocycles. The van der Waals surface area contributed by atoms with E-state index in [4.69, 9.17) is 28.9 Å². The number of benzene rings is 2. The third-order valence-corrected chi connectivity index (χ3v) is 3.91. The van der Waals surface area contributed by atoms with Crippen molar-refractivity contribution >= 4 is 34.8 Å². The fraction of sp³-hybridized carbons (Fsp3) is 0.188. The van der Waals surface area contributed by atoms with Gasteiger partial charge >= 0.3 is 0 Å². The van der Waals surface area contributed by atoms with Crippen LogP contribution in [0.2, 0.25) is 10.0 Å². The zero-order valence-electron chi connectivity index (χ0n) is 11.8.